The summed E-state index contributed by atoms with van der Waals surface area (Å²) in [6, 6.07) is 12.1. The summed E-state index contributed by atoms with van der Waals surface area (Å²) in [7, 11) is 0. The largest absolute Gasteiger partial charge is 0.462 e. The maximum atomic E-state index is 13.8. The van der Waals surface area contributed by atoms with Crippen molar-refractivity contribution in [2.45, 2.75) is 205 Å². The zero-order chi connectivity index (χ0) is 50.8. The van der Waals surface area contributed by atoms with Gasteiger partial charge >= 0.3 is 35.8 Å². The van der Waals surface area contributed by atoms with Crippen LogP contribution in [0.1, 0.15) is 181 Å². The molecule has 14 heteroatoms. The summed E-state index contributed by atoms with van der Waals surface area (Å²) in [5.74, 6) is -0.750. The van der Waals surface area contributed by atoms with E-state index in [1.165, 1.54) is 12.8 Å². The molecule has 0 bridgehead atoms. The van der Waals surface area contributed by atoms with E-state index in [1.54, 1.807) is 24.3 Å². The van der Waals surface area contributed by atoms with Crippen LogP contribution in [0.2, 0.25) is 0 Å². The van der Waals surface area contributed by atoms with Crippen LogP contribution in [-0.2, 0) is 47.7 Å². The van der Waals surface area contributed by atoms with E-state index in [1.807, 2.05) is 18.2 Å². The number of nitrogens with zero attached hydrogens (tertiary/aromatic N) is 1. The lowest BCUT2D eigenvalue weighted by Crippen LogP contribution is -2.35. The van der Waals surface area contributed by atoms with E-state index in [0.717, 1.165) is 63.2 Å². The highest BCUT2D eigenvalue weighted by molar-refractivity contribution is 5.83. The Kier molecular flexibility index (Phi) is 17.9. The molecule has 6 aliphatic carbocycles. The molecular weight excluding hydrogens is 931 g/mol. The molecule has 0 radical (unpaired) electrons. The van der Waals surface area contributed by atoms with Gasteiger partial charge < -0.3 is 32.8 Å². The summed E-state index contributed by atoms with van der Waals surface area (Å²) in [4.78, 5) is 84.3. The number of para-hydroxylation sites is 2. The molecule has 14 nitrogen and oxygen atoms in total. The number of ether oxygens (including phenoxy) is 6. The normalized spacial score (nSPS) is 30.8. The molecule has 3 aromatic rings. The van der Waals surface area contributed by atoms with Gasteiger partial charge in [-0.15, -0.1) is 0 Å². The molecular formula is C59H77NO13. The summed E-state index contributed by atoms with van der Waals surface area (Å²) in [6.45, 7) is 4.43. The van der Waals surface area contributed by atoms with Gasteiger partial charge in [0.25, 0.3) is 0 Å². The van der Waals surface area contributed by atoms with Crippen LogP contribution >= 0.6 is 0 Å². The Morgan fingerprint density at radius 1 is 0.438 bits per heavy atom. The fourth-order valence-corrected chi connectivity index (χ4v) is 12.5. The minimum absolute atomic E-state index is 0.00687. The Bertz CT molecular complexity index is 2330. The summed E-state index contributed by atoms with van der Waals surface area (Å²) >= 11 is 0. The lowest BCUT2D eigenvalue weighted by molar-refractivity contribution is -0.165. The predicted molar refractivity (Wildman–Crippen MR) is 270 cm³/mol. The van der Waals surface area contributed by atoms with Gasteiger partial charge in [0.05, 0.1) is 41.1 Å². The number of rotatable bonds is 15. The van der Waals surface area contributed by atoms with Gasteiger partial charge in [-0.25, -0.2) is 4.98 Å². The summed E-state index contributed by atoms with van der Waals surface area (Å²) in [5.41, 5.74) is 1.51. The number of carbonyl (C=O) groups excluding carboxylic acids is 6. The molecule has 73 heavy (non-hydrogen) atoms. The van der Waals surface area contributed by atoms with Crippen molar-refractivity contribution in [1.29, 1.82) is 0 Å². The first-order valence-corrected chi connectivity index (χ1v) is 28.2. The van der Waals surface area contributed by atoms with Crippen LogP contribution in [0.15, 0.2) is 46.9 Å². The number of oxazole rings is 1. The first kappa shape index (κ1) is 52.6. The topological polar surface area (TPSA) is 184 Å². The van der Waals surface area contributed by atoms with Crippen LogP contribution in [0, 0.1) is 47.3 Å². The second kappa shape index (κ2) is 24.8. The molecule has 6 aliphatic rings. The monoisotopic (exact) mass is 1010 g/mol. The van der Waals surface area contributed by atoms with Gasteiger partial charge in [0.1, 0.15) is 41.4 Å². The van der Waals surface area contributed by atoms with Gasteiger partial charge in [-0.1, -0.05) is 38.8 Å². The third-order valence-electron chi connectivity index (χ3n) is 17.6. The van der Waals surface area contributed by atoms with E-state index in [4.69, 9.17) is 32.8 Å². The van der Waals surface area contributed by atoms with Crippen molar-refractivity contribution < 1.29 is 61.6 Å². The molecule has 0 atom stereocenters. The molecule has 0 spiro atoms. The van der Waals surface area contributed by atoms with E-state index in [2.05, 4.69) is 18.8 Å². The number of benzene rings is 2. The molecule has 0 N–H and O–H groups in total. The number of esters is 6. The quantitative estimate of drug-likeness (QED) is 0.0795. The van der Waals surface area contributed by atoms with E-state index < -0.39 is 23.8 Å². The summed E-state index contributed by atoms with van der Waals surface area (Å²) in [5, 5.41) is 0. The molecule has 6 fully saturated rings. The molecule has 0 unspecified atom stereocenters. The average Bonchev–Trinajstić information content (AvgIpc) is 3.87. The first-order chi connectivity index (χ1) is 35.5. The van der Waals surface area contributed by atoms with Crippen molar-refractivity contribution in [1.82, 2.24) is 4.98 Å². The van der Waals surface area contributed by atoms with Crippen LogP contribution in [-0.4, -0.2) is 65.2 Å². The van der Waals surface area contributed by atoms with Crippen molar-refractivity contribution in [2.75, 3.05) is 0 Å². The Morgan fingerprint density at radius 2 is 0.795 bits per heavy atom. The first-order valence-electron chi connectivity index (χ1n) is 28.2. The third kappa shape index (κ3) is 13.7. The minimum Gasteiger partial charge on any atom is -0.462 e. The van der Waals surface area contributed by atoms with E-state index >= 15 is 0 Å². The Labute approximate surface area is 430 Å². The van der Waals surface area contributed by atoms with Crippen molar-refractivity contribution >= 4 is 46.9 Å². The smallest absolute Gasteiger partial charge is 0.314 e. The number of hydrogen-bond acceptors (Lipinski definition) is 14. The van der Waals surface area contributed by atoms with Crippen LogP contribution < -0.4 is 9.47 Å². The van der Waals surface area contributed by atoms with Crippen LogP contribution in [0.4, 0.5) is 0 Å². The maximum absolute atomic E-state index is 13.8. The van der Waals surface area contributed by atoms with Crippen LogP contribution in [0.5, 0.6) is 11.5 Å². The van der Waals surface area contributed by atoms with E-state index in [-0.39, 0.29) is 89.4 Å². The molecule has 6 saturated carbocycles. The van der Waals surface area contributed by atoms with Crippen molar-refractivity contribution in [2.24, 2.45) is 47.3 Å². The van der Waals surface area contributed by atoms with E-state index in [0.29, 0.717) is 119 Å². The molecule has 0 amide bonds. The fourth-order valence-electron chi connectivity index (χ4n) is 12.5. The van der Waals surface area contributed by atoms with Crippen molar-refractivity contribution in [3.63, 3.8) is 0 Å². The zero-order valence-corrected chi connectivity index (χ0v) is 43.1. The van der Waals surface area contributed by atoms with Gasteiger partial charge in [0.15, 0.2) is 5.58 Å². The van der Waals surface area contributed by atoms with Gasteiger partial charge in [-0.05, 0) is 196 Å². The number of hydrogen-bond donors (Lipinski definition) is 0. The third-order valence-corrected chi connectivity index (χ3v) is 17.6. The lowest BCUT2D eigenvalue weighted by atomic mass is 9.81. The second-order valence-corrected chi connectivity index (χ2v) is 22.4. The molecule has 9 rings (SSSR count). The second-order valence-electron chi connectivity index (χ2n) is 22.4. The Morgan fingerprint density at radius 3 is 1.18 bits per heavy atom. The molecule has 0 aliphatic heterocycles. The SMILES string of the molecule is CCC1CCC(C(=O)OC2CCC(OC(=O)C3CCC(C(=O)Oc4ccc(OC(=O)C5CCC(C(=O)O[C@H]6CC[C@H](OC(=O)C7CCC(CC)CC7)CC6)CC5)cc4-c4nc5ccccc5o4)CC3)CC2)CC1. The van der Waals surface area contributed by atoms with Crippen molar-refractivity contribution in [3.05, 3.63) is 42.5 Å². The molecule has 0 saturated heterocycles. The van der Waals surface area contributed by atoms with E-state index in [9.17, 15) is 28.8 Å². The van der Waals surface area contributed by atoms with Crippen molar-refractivity contribution in [3.8, 4) is 23.0 Å². The highest BCUT2D eigenvalue weighted by atomic mass is 16.6. The number of carbonyl (C=O) groups is 6. The zero-order valence-electron chi connectivity index (χ0n) is 43.1. The molecule has 1 heterocycles. The van der Waals surface area contributed by atoms with Gasteiger partial charge in [0, 0.05) is 0 Å². The predicted octanol–water partition coefficient (Wildman–Crippen LogP) is 12.1. The summed E-state index contributed by atoms with van der Waals surface area (Å²) in [6.07, 6.45) is 19.1. The molecule has 2 aromatic carbocycles. The van der Waals surface area contributed by atoms with Gasteiger partial charge in [-0.3, -0.25) is 28.8 Å². The standard InChI is InChI=1S/C59H77NO13/c1-3-36-9-13-38(14-10-36)54(61)67-44-25-29-46(30-26-44)69-56(63)40-17-19-42(20-18-40)58(65)71-48-33-34-51(49(35-48)53-60-50-7-5-6-8-52(50)72-53)73-59(66)43-23-21-41(22-24-43)57(64)70-47-31-27-45(28-32-47)68-55(62)39-15-11-37(4-2)12-16-39/h5-8,33-47H,3-4,9-32H2,1-2H3/t36?,37?,38?,39?,40?,41?,42?,43?,44-,45?,46-,47?. The fraction of sp³-hybridized carbons (Fsp3) is 0.678. The maximum Gasteiger partial charge on any atom is 0.314 e. The minimum atomic E-state index is -0.432. The van der Waals surface area contributed by atoms with Gasteiger partial charge in [0.2, 0.25) is 5.89 Å². The lowest BCUT2D eigenvalue weighted by Gasteiger charge is -2.32. The highest BCUT2D eigenvalue weighted by Gasteiger charge is 2.38. The Balaban J connectivity index is 0.717. The van der Waals surface area contributed by atoms with Crippen LogP contribution in [0.3, 0.4) is 0 Å². The Hall–Kier alpha value is -5.27. The molecule has 396 valence electrons. The van der Waals surface area contributed by atoms with Crippen LogP contribution in [0.25, 0.3) is 22.6 Å². The highest BCUT2D eigenvalue weighted by Crippen LogP contribution is 2.40. The summed E-state index contributed by atoms with van der Waals surface area (Å²) < 4.78 is 41.9. The van der Waals surface area contributed by atoms with Gasteiger partial charge in [-0.2, -0.15) is 0 Å². The molecule has 1 aromatic heterocycles. The number of aromatic nitrogens is 1. The average molecular weight is 1010 g/mol. The number of fused-ring (bicyclic) bond motifs is 1.